The van der Waals surface area contributed by atoms with Crippen LogP contribution in [0.3, 0.4) is 0 Å². The summed E-state index contributed by atoms with van der Waals surface area (Å²) < 4.78 is 9.80. The van der Waals surface area contributed by atoms with Gasteiger partial charge in [-0.2, -0.15) is 0 Å². The van der Waals surface area contributed by atoms with Gasteiger partial charge in [-0.3, -0.25) is 19.2 Å². The van der Waals surface area contributed by atoms with Crippen LogP contribution in [-0.4, -0.2) is 23.9 Å². The lowest BCUT2D eigenvalue weighted by molar-refractivity contribution is -0.155. The van der Waals surface area contributed by atoms with E-state index < -0.39 is 41.6 Å². The Hall–Kier alpha value is -2.50. The Labute approximate surface area is 240 Å². The van der Waals surface area contributed by atoms with E-state index in [4.69, 9.17) is 9.47 Å². The molecule has 6 nitrogen and oxygen atoms in total. The zero-order valence-electron chi connectivity index (χ0n) is 24.4. The molecule has 1 aromatic rings. The minimum atomic E-state index is -0.613. The Kier molecular flexibility index (Phi) is 11.8. The van der Waals surface area contributed by atoms with Gasteiger partial charge in [0.2, 0.25) is 0 Å². The van der Waals surface area contributed by atoms with E-state index in [2.05, 4.69) is 13.0 Å². The van der Waals surface area contributed by atoms with Crippen LogP contribution >= 0.6 is 0 Å². The largest absolute Gasteiger partial charge is 0.393 e. The van der Waals surface area contributed by atoms with Crippen LogP contribution in [0.2, 0.25) is 0 Å². The Morgan fingerprint density at radius 3 is 1.70 bits per heavy atom. The van der Waals surface area contributed by atoms with Crippen LogP contribution in [0.1, 0.15) is 151 Å². The lowest BCUT2D eigenvalue weighted by Gasteiger charge is -2.33. The first kappa shape index (κ1) is 30.5. The molecule has 0 radical (unpaired) electrons. The molecule has 0 N–H and O–H groups in total. The molecule has 0 bridgehead atoms. The molecule has 3 aliphatic rings. The molecule has 0 saturated carbocycles. The number of esters is 4. The summed E-state index contributed by atoms with van der Waals surface area (Å²) in [6.45, 7) is 2.27. The molecule has 2 fully saturated rings. The van der Waals surface area contributed by atoms with Gasteiger partial charge in [0.25, 0.3) is 0 Å². The first-order valence-corrected chi connectivity index (χ1v) is 16.1. The average molecular weight is 553 g/mol. The Morgan fingerprint density at radius 2 is 1.15 bits per heavy atom. The van der Waals surface area contributed by atoms with Crippen molar-refractivity contribution >= 4 is 23.9 Å². The topological polar surface area (TPSA) is 86.7 Å². The zero-order chi connectivity index (χ0) is 28.3. The summed E-state index contributed by atoms with van der Waals surface area (Å²) in [4.78, 5) is 49.1. The van der Waals surface area contributed by atoms with Crippen molar-refractivity contribution in [1.82, 2.24) is 0 Å². The number of unbranched alkanes of at least 4 members (excludes halogenated alkanes) is 15. The predicted molar refractivity (Wildman–Crippen MR) is 154 cm³/mol. The quantitative estimate of drug-likeness (QED) is 0.105. The standard InChI is InChI=1S/C34H48O6/c1-2-3-4-5-6-7-8-9-10-11-12-13-14-15-16-17-18-24-19-20-25-26(28-23-30(35)39-32(28)36)22-29-31(27(25)21-24)34(38)40-33(29)37/h19-21,26,28-29,31H,2-18,22-23H2,1H3. The molecule has 1 aliphatic carbocycles. The van der Waals surface area contributed by atoms with Crippen molar-refractivity contribution in [3.05, 3.63) is 34.9 Å². The van der Waals surface area contributed by atoms with Crippen molar-refractivity contribution in [3.63, 3.8) is 0 Å². The summed E-state index contributed by atoms with van der Waals surface area (Å²) in [6.07, 6.45) is 22.6. The molecule has 2 heterocycles. The Bertz CT molecular complexity index is 1030. The van der Waals surface area contributed by atoms with Gasteiger partial charge in [-0.05, 0) is 41.9 Å². The highest BCUT2D eigenvalue weighted by Crippen LogP contribution is 2.51. The summed E-state index contributed by atoms with van der Waals surface area (Å²) in [6, 6.07) is 6.10. The maximum Gasteiger partial charge on any atom is 0.321 e. The molecule has 0 amide bonds. The number of rotatable bonds is 18. The number of hydrogen-bond donors (Lipinski definition) is 0. The highest BCUT2D eigenvalue weighted by Gasteiger charge is 2.53. The van der Waals surface area contributed by atoms with Crippen molar-refractivity contribution in [2.45, 2.75) is 141 Å². The number of cyclic esters (lactones) is 4. The van der Waals surface area contributed by atoms with Crippen LogP contribution < -0.4 is 0 Å². The number of ether oxygens (including phenoxy) is 2. The third-order valence-electron chi connectivity index (χ3n) is 9.26. The first-order valence-electron chi connectivity index (χ1n) is 16.1. The van der Waals surface area contributed by atoms with Crippen molar-refractivity contribution in [1.29, 1.82) is 0 Å². The van der Waals surface area contributed by atoms with Crippen molar-refractivity contribution in [3.8, 4) is 0 Å². The lowest BCUT2D eigenvalue weighted by atomic mass is 9.66. The minimum absolute atomic E-state index is 0.0181. The second kappa shape index (κ2) is 15.5. The maximum absolute atomic E-state index is 12.6. The summed E-state index contributed by atoms with van der Waals surface area (Å²) in [5.74, 6) is -4.22. The molecule has 0 aromatic heterocycles. The maximum atomic E-state index is 12.6. The molecule has 2 aliphatic heterocycles. The van der Waals surface area contributed by atoms with Crippen molar-refractivity contribution in [2.24, 2.45) is 11.8 Å². The first-order chi connectivity index (χ1) is 19.5. The van der Waals surface area contributed by atoms with Gasteiger partial charge in [0.15, 0.2) is 0 Å². The number of carbonyl (C=O) groups is 4. The van der Waals surface area contributed by atoms with E-state index >= 15 is 0 Å². The summed E-state index contributed by atoms with van der Waals surface area (Å²) in [5, 5.41) is 0. The van der Waals surface area contributed by atoms with E-state index in [1.54, 1.807) is 0 Å². The molecule has 2 saturated heterocycles. The smallest absolute Gasteiger partial charge is 0.321 e. The third-order valence-corrected chi connectivity index (χ3v) is 9.26. The van der Waals surface area contributed by atoms with E-state index in [0.717, 1.165) is 29.5 Å². The molecule has 6 heteroatoms. The monoisotopic (exact) mass is 552 g/mol. The lowest BCUT2D eigenvalue weighted by Crippen LogP contribution is -2.31. The Balaban J connectivity index is 1.16. The molecular weight excluding hydrogens is 504 g/mol. The number of fused-ring (bicyclic) bond motifs is 3. The van der Waals surface area contributed by atoms with Crippen LogP contribution in [0, 0.1) is 11.8 Å². The van der Waals surface area contributed by atoms with E-state index in [-0.39, 0.29) is 12.3 Å². The van der Waals surface area contributed by atoms with Gasteiger partial charge in [0.1, 0.15) is 0 Å². The minimum Gasteiger partial charge on any atom is -0.393 e. The molecular formula is C34H48O6. The van der Waals surface area contributed by atoms with E-state index in [9.17, 15) is 19.2 Å². The number of carbonyl (C=O) groups excluding carboxylic acids is 4. The summed E-state index contributed by atoms with van der Waals surface area (Å²) >= 11 is 0. The molecule has 4 rings (SSSR count). The molecule has 220 valence electrons. The molecule has 0 spiro atoms. The summed E-state index contributed by atoms with van der Waals surface area (Å²) in [7, 11) is 0. The average Bonchev–Trinajstić information content (AvgIpc) is 3.43. The molecule has 4 atom stereocenters. The van der Waals surface area contributed by atoms with Crippen molar-refractivity contribution in [2.75, 3.05) is 0 Å². The SMILES string of the molecule is CCCCCCCCCCCCCCCCCCc1ccc2c(c1)C1C(=O)OC(=O)C1CC2C1CC(=O)OC1=O. The van der Waals surface area contributed by atoms with Gasteiger partial charge < -0.3 is 9.47 Å². The molecule has 40 heavy (non-hydrogen) atoms. The normalized spacial score (nSPS) is 23.7. The van der Waals surface area contributed by atoms with E-state index in [1.165, 1.54) is 96.3 Å². The zero-order valence-corrected chi connectivity index (χ0v) is 24.4. The van der Waals surface area contributed by atoms with Crippen LogP contribution in [0.4, 0.5) is 0 Å². The predicted octanol–water partition coefficient (Wildman–Crippen LogP) is 7.85. The number of aryl methyl sites for hydroxylation is 1. The van der Waals surface area contributed by atoms with Crippen LogP contribution in [0.5, 0.6) is 0 Å². The fraction of sp³-hybridized carbons (Fsp3) is 0.706. The van der Waals surface area contributed by atoms with E-state index in [0.29, 0.717) is 6.42 Å². The van der Waals surface area contributed by atoms with Crippen molar-refractivity contribution < 1.29 is 28.7 Å². The molecule has 4 unspecified atom stereocenters. The van der Waals surface area contributed by atoms with Gasteiger partial charge in [-0.15, -0.1) is 0 Å². The third kappa shape index (κ3) is 8.04. The van der Waals surface area contributed by atoms with Gasteiger partial charge in [-0.25, -0.2) is 0 Å². The number of benzene rings is 1. The van der Waals surface area contributed by atoms with Crippen LogP contribution in [-0.2, 0) is 35.1 Å². The summed E-state index contributed by atoms with van der Waals surface area (Å²) in [5.41, 5.74) is 2.80. The van der Waals surface area contributed by atoms with Crippen LogP contribution in [0.15, 0.2) is 18.2 Å². The Morgan fingerprint density at radius 1 is 0.600 bits per heavy atom. The van der Waals surface area contributed by atoms with Crippen LogP contribution in [0.25, 0.3) is 0 Å². The number of hydrogen-bond acceptors (Lipinski definition) is 6. The highest BCUT2D eigenvalue weighted by molar-refractivity contribution is 6.01. The van der Waals surface area contributed by atoms with Gasteiger partial charge >= 0.3 is 23.9 Å². The van der Waals surface area contributed by atoms with Gasteiger partial charge in [-0.1, -0.05) is 121 Å². The van der Waals surface area contributed by atoms with Gasteiger partial charge in [0, 0.05) is 0 Å². The highest BCUT2D eigenvalue weighted by atomic mass is 16.6. The second-order valence-electron chi connectivity index (χ2n) is 12.3. The second-order valence-corrected chi connectivity index (χ2v) is 12.3. The van der Waals surface area contributed by atoms with Gasteiger partial charge in [0.05, 0.1) is 24.2 Å². The fourth-order valence-corrected chi connectivity index (χ4v) is 6.96. The fourth-order valence-electron chi connectivity index (χ4n) is 6.96. The molecule has 1 aromatic carbocycles. The van der Waals surface area contributed by atoms with E-state index in [1.807, 2.05) is 12.1 Å².